The Balaban J connectivity index is 1.93. The SMILES string of the molecule is [3H]C([3H])([3H])Oc1cc2c3c(c1)-c1c(ccc(O)c1O)C[C@H]3N(CCC)CC2. The van der Waals surface area contributed by atoms with E-state index < -0.39 is 7.04 Å². The van der Waals surface area contributed by atoms with Crippen molar-refractivity contribution in [1.29, 1.82) is 0 Å². The molecule has 1 heterocycles. The number of hydrogen-bond acceptors (Lipinski definition) is 4. The molecule has 0 saturated carbocycles. The quantitative estimate of drug-likeness (QED) is 0.843. The van der Waals surface area contributed by atoms with Crippen LogP contribution in [0.25, 0.3) is 11.1 Å². The summed E-state index contributed by atoms with van der Waals surface area (Å²) in [5.41, 5.74) is 4.45. The second-order valence-corrected chi connectivity index (χ2v) is 6.62. The van der Waals surface area contributed by atoms with E-state index in [2.05, 4.69) is 11.8 Å². The molecule has 0 aromatic heterocycles. The van der Waals surface area contributed by atoms with E-state index in [4.69, 9.17) is 8.85 Å². The molecule has 0 amide bonds. The van der Waals surface area contributed by atoms with Crippen LogP contribution in [0.3, 0.4) is 0 Å². The summed E-state index contributed by atoms with van der Waals surface area (Å²) in [6.45, 7) is 4.04. The minimum absolute atomic E-state index is 0.160. The Morgan fingerprint density at radius 3 is 2.96 bits per heavy atom. The Hall–Kier alpha value is -2.20. The zero-order valence-electron chi connectivity index (χ0n) is 16.7. The summed E-state index contributed by atoms with van der Waals surface area (Å²) in [6, 6.07) is 7.03. The number of hydrogen-bond donors (Lipinski definition) is 2. The molecule has 1 atom stereocenters. The number of nitrogens with zero attached hydrogens (tertiary/aromatic N) is 1. The molecule has 0 fully saturated rings. The molecule has 0 unspecified atom stereocenters. The predicted octanol–water partition coefficient (Wildman–Crippen LogP) is 3.64. The lowest BCUT2D eigenvalue weighted by Crippen LogP contribution is -2.38. The first-order valence-electron chi connectivity index (χ1n) is 9.92. The van der Waals surface area contributed by atoms with Gasteiger partial charge in [0.15, 0.2) is 11.5 Å². The van der Waals surface area contributed by atoms with Gasteiger partial charge in [0.05, 0.1) is 11.2 Å². The zero-order valence-corrected chi connectivity index (χ0v) is 13.7. The van der Waals surface area contributed by atoms with Gasteiger partial charge in [-0.1, -0.05) is 13.0 Å². The fourth-order valence-corrected chi connectivity index (χ4v) is 4.24. The predicted molar refractivity (Wildman–Crippen MR) is 93.8 cm³/mol. The van der Waals surface area contributed by atoms with Crippen LogP contribution < -0.4 is 4.74 Å². The van der Waals surface area contributed by atoms with Crippen LogP contribution in [-0.2, 0) is 12.8 Å². The van der Waals surface area contributed by atoms with Gasteiger partial charge < -0.3 is 14.9 Å². The van der Waals surface area contributed by atoms with E-state index in [0.29, 0.717) is 5.56 Å². The molecule has 126 valence electrons. The highest BCUT2D eigenvalue weighted by molar-refractivity contribution is 5.83. The highest BCUT2D eigenvalue weighted by Crippen LogP contribution is 2.51. The molecule has 2 aromatic carbocycles. The minimum Gasteiger partial charge on any atom is -0.504 e. The number of fused-ring (bicyclic) bond motifs is 2. The topological polar surface area (TPSA) is 52.9 Å². The van der Waals surface area contributed by atoms with Crippen LogP contribution in [0.1, 0.15) is 40.2 Å². The number of phenolic OH excluding ortho intramolecular Hbond substituents is 2. The molecule has 4 nitrogen and oxygen atoms in total. The van der Waals surface area contributed by atoms with E-state index in [1.165, 1.54) is 6.07 Å². The van der Waals surface area contributed by atoms with E-state index in [-0.39, 0.29) is 23.3 Å². The lowest BCUT2D eigenvalue weighted by molar-refractivity contribution is 0.182. The number of rotatable bonds is 3. The number of methoxy groups -OCH3 is 1. The van der Waals surface area contributed by atoms with Gasteiger partial charge in [-0.25, -0.2) is 0 Å². The van der Waals surface area contributed by atoms with Crippen LogP contribution in [-0.4, -0.2) is 35.2 Å². The summed E-state index contributed by atoms with van der Waals surface area (Å²) < 4.78 is 27.4. The van der Waals surface area contributed by atoms with Gasteiger partial charge in [0.25, 0.3) is 0 Å². The fourth-order valence-electron chi connectivity index (χ4n) is 4.24. The molecule has 0 radical (unpaired) electrons. The monoisotopic (exact) mass is 331 g/mol. The Morgan fingerprint density at radius 1 is 1.29 bits per heavy atom. The number of phenols is 2. The molecule has 1 aliphatic carbocycles. The first kappa shape index (κ1) is 12.2. The fraction of sp³-hybridized carbons (Fsp3) is 0.400. The summed E-state index contributed by atoms with van der Waals surface area (Å²) in [4.78, 5) is 2.45. The van der Waals surface area contributed by atoms with Crippen LogP contribution >= 0.6 is 0 Å². The van der Waals surface area contributed by atoms with Crippen LogP contribution in [0.15, 0.2) is 24.3 Å². The first-order chi connectivity index (χ1) is 12.8. The largest absolute Gasteiger partial charge is 0.504 e. The Bertz CT molecular complexity index is 895. The Kier molecular flexibility index (Phi) is 2.90. The molecule has 0 saturated heterocycles. The maximum absolute atomic E-state index is 10.5. The minimum atomic E-state index is -2.54. The van der Waals surface area contributed by atoms with Crippen molar-refractivity contribution in [2.75, 3.05) is 20.1 Å². The van der Waals surface area contributed by atoms with Crippen molar-refractivity contribution >= 4 is 0 Å². The van der Waals surface area contributed by atoms with Crippen LogP contribution in [0.2, 0.25) is 0 Å². The molecule has 24 heavy (non-hydrogen) atoms. The highest BCUT2D eigenvalue weighted by Gasteiger charge is 2.36. The molecule has 2 aromatic rings. The van der Waals surface area contributed by atoms with Crippen molar-refractivity contribution in [1.82, 2.24) is 4.90 Å². The van der Waals surface area contributed by atoms with Gasteiger partial charge >= 0.3 is 0 Å². The van der Waals surface area contributed by atoms with Crippen LogP contribution in [0.4, 0.5) is 0 Å². The summed E-state index contributed by atoms with van der Waals surface area (Å²) >= 11 is 0. The average molecular weight is 331 g/mol. The molecule has 2 N–H and O–H groups in total. The molecular formula is C20H23NO3. The first-order valence-corrected chi connectivity index (χ1v) is 8.42. The maximum atomic E-state index is 10.5. The molecule has 0 bridgehead atoms. The van der Waals surface area contributed by atoms with Crippen molar-refractivity contribution < 1.29 is 19.1 Å². The van der Waals surface area contributed by atoms with E-state index in [0.717, 1.165) is 54.6 Å². The van der Waals surface area contributed by atoms with Crippen molar-refractivity contribution in [3.8, 4) is 28.4 Å². The molecule has 4 rings (SSSR count). The van der Waals surface area contributed by atoms with Gasteiger partial charge in [0, 0.05) is 18.2 Å². The Morgan fingerprint density at radius 2 is 2.17 bits per heavy atom. The smallest absolute Gasteiger partial charge is 0.165 e. The maximum Gasteiger partial charge on any atom is 0.165 e. The van der Waals surface area contributed by atoms with Crippen molar-refractivity contribution in [3.63, 3.8) is 0 Å². The molecule has 1 aliphatic heterocycles. The number of ether oxygens (including phenoxy) is 1. The lowest BCUT2D eigenvalue weighted by Gasteiger charge is -2.42. The summed E-state index contributed by atoms with van der Waals surface area (Å²) in [7, 11) is -2.54. The van der Waals surface area contributed by atoms with E-state index >= 15 is 0 Å². The van der Waals surface area contributed by atoms with Gasteiger partial charge in [-0.3, -0.25) is 4.90 Å². The average Bonchev–Trinajstić information content (AvgIpc) is 2.59. The van der Waals surface area contributed by atoms with Crippen LogP contribution in [0.5, 0.6) is 17.2 Å². The summed E-state index contributed by atoms with van der Waals surface area (Å²) in [6.07, 6.45) is 2.60. The molecule has 0 spiro atoms. The second-order valence-electron chi connectivity index (χ2n) is 6.62. The standard InChI is InChI=1S/C20H23NO3/c1-3-7-21-8-6-13-9-14(24-2)11-15-18(13)16(21)10-12-4-5-17(22)20(23)19(12)15/h4-5,9,11,16,22-23H,3,6-8,10H2,1-2H3/t16-/m1/s1/i2T3. The molecular weight excluding hydrogens is 302 g/mol. The Labute approximate surface area is 146 Å². The lowest BCUT2D eigenvalue weighted by atomic mass is 9.76. The van der Waals surface area contributed by atoms with Crippen molar-refractivity contribution in [3.05, 3.63) is 41.0 Å². The zero-order chi connectivity index (χ0) is 19.3. The summed E-state index contributed by atoms with van der Waals surface area (Å²) in [5, 5.41) is 20.6. The van der Waals surface area contributed by atoms with Gasteiger partial charge in [0.1, 0.15) is 5.75 Å². The number of benzene rings is 2. The van der Waals surface area contributed by atoms with E-state index in [9.17, 15) is 10.2 Å². The summed E-state index contributed by atoms with van der Waals surface area (Å²) in [5.74, 6) is -0.0712. The third-order valence-electron chi connectivity index (χ3n) is 5.24. The van der Waals surface area contributed by atoms with Gasteiger partial charge in [-0.15, -0.1) is 0 Å². The van der Waals surface area contributed by atoms with Crippen molar-refractivity contribution in [2.24, 2.45) is 0 Å². The van der Waals surface area contributed by atoms with Gasteiger partial charge in [-0.05, 0) is 66.3 Å². The van der Waals surface area contributed by atoms with E-state index in [1.807, 2.05) is 12.1 Å². The second kappa shape index (κ2) is 5.71. The van der Waals surface area contributed by atoms with E-state index in [1.54, 1.807) is 6.07 Å². The van der Waals surface area contributed by atoms with Gasteiger partial charge in [0.2, 0.25) is 0 Å². The molecule has 4 heteroatoms. The third-order valence-corrected chi connectivity index (χ3v) is 5.24. The number of aromatic hydroxyl groups is 2. The van der Waals surface area contributed by atoms with Crippen molar-refractivity contribution in [2.45, 2.75) is 32.2 Å². The highest BCUT2D eigenvalue weighted by atomic mass is 16.5. The van der Waals surface area contributed by atoms with Gasteiger partial charge in [-0.2, -0.15) is 0 Å². The third kappa shape index (κ3) is 2.17. The molecule has 2 aliphatic rings. The van der Waals surface area contributed by atoms with Crippen LogP contribution in [0, 0.1) is 0 Å². The normalized spacial score (nSPS) is 21.2.